The normalized spacial score (nSPS) is 12.5. The molecule has 2 amide bonds. The number of benzene rings is 3. The van der Waals surface area contributed by atoms with E-state index in [4.69, 9.17) is 0 Å². The van der Waals surface area contributed by atoms with Gasteiger partial charge in [0.1, 0.15) is 12.6 Å². The molecule has 0 saturated heterocycles. The van der Waals surface area contributed by atoms with Crippen LogP contribution < -0.4 is 9.62 Å². The first kappa shape index (κ1) is 30.9. The van der Waals surface area contributed by atoms with Gasteiger partial charge in [-0.05, 0) is 88.9 Å². The lowest BCUT2D eigenvalue weighted by Crippen LogP contribution is -2.55. The third kappa shape index (κ3) is 7.72. The highest BCUT2D eigenvalue weighted by Gasteiger charge is 2.34. The summed E-state index contributed by atoms with van der Waals surface area (Å²) in [6.45, 7) is 13.0. The van der Waals surface area contributed by atoms with Gasteiger partial charge in [-0.15, -0.1) is 0 Å². The fourth-order valence-electron chi connectivity index (χ4n) is 4.51. The molecule has 0 aromatic heterocycles. The molecule has 0 radical (unpaired) electrons. The number of hydrogen-bond acceptors (Lipinski definition) is 4. The maximum Gasteiger partial charge on any atom is 0.264 e. The van der Waals surface area contributed by atoms with Crippen LogP contribution in [-0.4, -0.2) is 43.3 Å². The van der Waals surface area contributed by atoms with Crippen LogP contribution in [0.1, 0.15) is 56.4 Å². The number of aryl methyl sites for hydroxylation is 3. The highest BCUT2D eigenvalue weighted by Crippen LogP contribution is 2.27. The molecule has 3 rings (SSSR count). The summed E-state index contributed by atoms with van der Waals surface area (Å²) in [7, 11) is -4.09. The fraction of sp³-hybridized carbons (Fsp3) is 0.375. The Bertz CT molecular complexity index is 1450. The minimum Gasteiger partial charge on any atom is -0.350 e. The zero-order valence-electron chi connectivity index (χ0n) is 24.6. The van der Waals surface area contributed by atoms with E-state index >= 15 is 0 Å². The second-order valence-electron chi connectivity index (χ2n) is 11.3. The van der Waals surface area contributed by atoms with Crippen molar-refractivity contribution in [3.63, 3.8) is 0 Å². The lowest BCUT2D eigenvalue weighted by Gasteiger charge is -2.35. The summed E-state index contributed by atoms with van der Waals surface area (Å²) >= 11 is 0. The minimum absolute atomic E-state index is 0.0868. The second-order valence-corrected chi connectivity index (χ2v) is 13.1. The number of amides is 2. The number of hydrogen-bond donors (Lipinski definition) is 1. The van der Waals surface area contributed by atoms with Crippen LogP contribution in [0.5, 0.6) is 0 Å². The molecule has 1 atom stereocenters. The molecule has 214 valence electrons. The first-order valence-electron chi connectivity index (χ1n) is 13.5. The van der Waals surface area contributed by atoms with E-state index in [1.165, 1.54) is 17.0 Å². The topological polar surface area (TPSA) is 86.8 Å². The molecule has 8 heteroatoms. The van der Waals surface area contributed by atoms with Crippen LogP contribution in [0.15, 0.2) is 77.7 Å². The monoisotopic (exact) mass is 563 g/mol. The van der Waals surface area contributed by atoms with E-state index in [1.807, 2.05) is 78.8 Å². The van der Waals surface area contributed by atoms with Crippen LogP contribution in [0.25, 0.3) is 0 Å². The molecule has 0 heterocycles. The SMILES string of the molecule is CC[C@H](C(=O)NC(C)(C)C)N(Cc1cccc(C)c1)C(=O)CN(c1ccc(C)c(C)c1)S(=O)(=O)c1ccccc1. The average molecular weight is 564 g/mol. The Balaban J connectivity index is 2.09. The molecule has 0 aliphatic carbocycles. The molecule has 0 aliphatic rings. The van der Waals surface area contributed by atoms with Gasteiger partial charge in [-0.1, -0.05) is 61.0 Å². The Morgan fingerprint density at radius 1 is 0.875 bits per heavy atom. The summed E-state index contributed by atoms with van der Waals surface area (Å²) in [6.07, 6.45) is 0.370. The van der Waals surface area contributed by atoms with Crippen molar-refractivity contribution in [2.24, 2.45) is 0 Å². The smallest absolute Gasteiger partial charge is 0.264 e. The number of anilines is 1. The summed E-state index contributed by atoms with van der Waals surface area (Å²) in [5.41, 5.74) is 3.71. The zero-order valence-corrected chi connectivity index (χ0v) is 25.4. The van der Waals surface area contributed by atoms with Crippen LogP contribution in [0, 0.1) is 20.8 Å². The van der Waals surface area contributed by atoms with Gasteiger partial charge in [0.25, 0.3) is 10.0 Å². The first-order chi connectivity index (χ1) is 18.7. The van der Waals surface area contributed by atoms with Crippen molar-refractivity contribution in [1.82, 2.24) is 10.2 Å². The molecule has 0 aliphatic heterocycles. The third-order valence-corrected chi connectivity index (χ3v) is 8.50. The number of nitrogens with one attached hydrogen (secondary N) is 1. The van der Waals surface area contributed by atoms with Gasteiger partial charge >= 0.3 is 0 Å². The van der Waals surface area contributed by atoms with Crippen molar-refractivity contribution in [2.45, 2.75) is 77.9 Å². The molecular formula is C32H41N3O4S. The van der Waals surface area contributed by atoms with Gasteiger partial charge in [0.05, 0.1) is 10.6 Å². The lowest BCUT2D eigenvalue weighted by atomic mass is 10.0. The van der Waals surface area contributed by atoms with Gasteiger partial charge in [0.2, 0.25) is 11.8 Å². The predicted octanol–water partition coefficient (Wildman–Crippen LogP) is 5.53. The van der Waals surface area contributed by atoms with Crippen molar-refractivity contribution < 1.29 is 18.0 Å². The maximum atomic E-state index is 14.2. The average Bonchev–Trinajstić information content (AvgIpc) is 2.88. The van der Waals surface area contributed by atoms with E-state index in [1.54, 1.807) is 30.3 Å². The van der Waals surface area contributed by atoms with Crippen molar-refractivity contribution in [3.05, 3.63) is 95.1 Å². The van der Waals surface area contributed by atoms with Crippen LogP contribution in [0.2, 0.25) is 0 Å². The van der Waals surface area contributed by atoms with Crippen LogP contribution in [0.4, 0.5) is 5.69 Å². The van der Waals surface area contributed by atoms with E-state index in [9.17, 15) is 18.0 Å². The Morgan fingerprint density at radius 3 is 2.12 bits per heavy atom. The van der Waals surface area contributed by atoms with Crippen molar-refractivity contribution >= 4 is 27.5 Å². The van der Waals surface area contributed by atoms with E-state index in [0.29, 0.717) is 12.1 Å². The summed E-state index contributed by atoms with van der Waals surface area (Å²) in [4.78, 5) is 29.2. The number of carbonyl (C=O) groups is 2. The number of carbonyl (C=O) groups excluding carboxylic acids is 2. The largest absolute Gasteiger partial charge is 0.350 e. The first-order valence-corrected chi connectivity index (χ1v) is 15.0. The summed E-state index contributed by atoms with van der Waals surface area (Å²) in [5.74, 6) is -0.741. The molecule has 0 unspecified atom stereocenters. The molecule has 0 saturated carbocycles. The van der Waals surface area contributed by atoms with Gasteiger partial charge in [-0.25, -0.2) is 8.42 Å². The lowest BCUT2D eigenvalue weighted by molar-refractivity contribution is -0.141. The van der Waals surface area contributed by atoms with Gasteiger partial charge in [-0.2, -0.15) is 0 Å². The van der Waals surface area contributed by atoms with Gasteiger partial charge in [-0.3, -0.25) is 13.9 Å². The predicted molar refractivity (Wildman–Crippen MR) is 161 cm³/mol. The molecule has 0 fully saturated rings. The summed E-state index contributed by atoms with van der Waals surface area (Å²) < 4.78 is 29.0. The minimum atomic E-state index is -4.09. The highest BCUT2D eigenvalue weighted by molar-refractivity contribution is 7.92. The van der Waals surface area contributed by atoms with Gasteiger partial charge in [0.15, 0.2) is 0 Å². The molecule has 40 heavy (non-hydrogen) atoms. The quantitative estimate of drug-likeness (QED) is 0.352. The van der Waals surface area contributed by atoms with Gasteiger partial charge < -0.3 is 10.2 Å². The molecular weight excluding hydrogens is 522 g/mol. The fourth-order valence-corrected chi connectivity index (χ4v) is 5.94. The van der Waals surface area contributed by atoms with E-state index in [-0.39, 0.29) is 17.3 Å². The Labute approximate surface area is 239 Å². The van der Waals surface area contributed by atoms with Crippen LogP contribution in [-0.2, 0) is 26.2 Å². The van der Waals surface area contributed by atoms with Crippen molar-refractivity contribution in [1.29, 1.82) is 0 Å². The Kier molecular flexibility index (Phi) is 9.79. The zero-order chi connectivity index (χ0) is 29.7. The Morgan fingerprint density at radius 2 is 1.55 bits per heavy atom. The van der Waals surface area contributed by atoms with Crippen molar-refractivity contribution in [3.8, 4) is 0 Å². The molecule has 0 spiro atoms. The molecule has 7 nitrogen and oxygen atoms in total. The van der Waals surface area contributed by atoms with E-state index in [2.05, 4.69) is 5.32 Å². The van der Waals surface area contributed by atoms with Crippen LogP contribution >= 0.6 is 0 Å². The van der Waals surface area contributed by atoms with E-state index in [0.717, 1.165) is 26.6 Å². The molecule has 1 N–H and O–H groups in total. The third-order valence-electron chi connectivity index (χ3n) is 6.71. The number of nitrogens with zero attached hydrogens (tertiary/aromatic N) is 2. The second kappa shape index (κ2) is 12.7. The summed E-state index contributed by atoms with van der Waals surface area (Å²) in [6, 6.07) is 20.4. The van der Waals surface area contributed by atoms with E-state index < -0.39 is 34.1 Å². The summed E-state index contributed by atoms with van der Waals surface area (Å²) in [5, 5.41) is 2.99. The van der Waals surface area contributed by atoms with Gasteiger partial charge in [0, 0.05) is 12.1 Å². The van der Waals surface area contributed by atoms with Crippen LogP contribution in [0.3, 0.4) is 0 Å². The number of sulfonamides is 1. The van der Waals surface area contributed by atoms with Crippen molar-refractivity contribution in [2.75, 3.05) is 10.8 Å². The maximum absolute atomic E-state index is 14.2. The highest BCUT2D eigenvalue weighted by atomic mass is 32.2. The molecule has 0 bridgehead atoms. The number of rotatable bonds is 10. The molecule has 3 aromatic carbocycles. The Hall–Kier alpha value is -3.65. The molecule has 3 aromatic rings. The standard InChI is InChI=1S/C32H41N3O4S/c1-8-29(31(37)33-32(5,6)7)34(21-26-14-12-13-23(2)19-26)30(36)22-35(27-18-17-24(3)25(4)20-27)40(38,39)28-15-10-9-11-16-28/h9-20,29H,8,21-22H2,1-7H3,(H,33,37)/t29-/m1/s1.